The third-order valence-corrected chi connectivity index (χ3v) is 4.43. The standard InChI is InChI=1S/C20H21N5O/c1-3-13(2)12-22-20(26)23-19-17-8-7-16(10-18(17)24-25-19)15-6-4-5-14(9-15)11-21/h4-10,13H,3,12H2,1-2H3,(H3,22,23,24,25,26). The number of carbonyl (C=O) groups is 1. The number of anilines is 1. The van der Waals surface area contributed by atoms with E-state index >= 15 is 0 Å². The lowest BCUT2D eigenvalue weighted by Gasteiger charge is -2.10. The van der Waals surface area contributed by atoms with Gasteiger partial charge in [-0.25, -0.2) is 4.79 Å². The SMILES string of the molecule is CCC(C)CNC(=O)Nc1n[nH]c2cc(-c3cccc(C#N)c3)ccc12. The van der Waals surface area contributed by atoms with E-state index in [0.29, 0.717) is 23.8 Å². The summed E-state index contributed by atoms with van der Waals surface area (Å²) in [6.07, 6.45) is 1.02. The van der Waals surface area contributed by atoms with Gasteiger partial charge in [0.25, 0.3) is 0 Å². The minimum atomic E-state index is -0.260. The molecule has 0 aliphatic carbocycles. The van der Waals surface area contributed by atoms with Crippen LogP contribution < -0.4 is 10.6 Å². The lowest BCUT2D eigenvalue weighted by Crippen LogP contribution is -2.32. The van der Waals surface area contributed by atoms with Crippen molar-refractivity contribution in [1.82, 2.24) is 15.5 Å². The second-order valence-corrected chi connectivity index (χ2v) is 6.37. The summed E-state index contributed by atoms with van der Waals surface area (Å²) in [6, 6.07) is 15.2. The normalized spacial score (nSPS) is 11.7. The molecular formula is C20H21N5O. The number of rotatable bonds is 5. The van der Waals surface area contributed by atoms with Crippen LogP contribution in [0.1, 0.15) is 25.8 Å². The number of fused-ring (bicyclic) bond motifs is 1. The number of benzene rings is 2. The van der Waals surface area contributed by atoms with Crippen molar-refractivity contribution >= 4 is 22.8 Å². The van der Waals surface area contributed by atoms with E-state index in [-0.39, 0.29) is 6.03 Å². The zero-order valence-corrected chi connectivity index (χ0v) is 14.8. The van der Waals surface area contributed by atoms with Crippen molar-refractivity contribution in [3.05, 3.63) is 48.0 Å². The van der Waals surface area contributed by atoms with Crippen molar-refractivity contribution in [1.29, 1.82) is 5.26 Å². The summed E-state index contributed by atoms with van der Waals surface area (Å²) in [5.41, 5.74) is 3.38. The molecule has 0 aliphatic heterocycles. The van der Waals surface area contributed by atoms with Gasteiger partial charge in [0.1, 0.15) is 0 Å². The van der Waals surface area contributed by atoms with E-state index in [0.717, 1.165) is 28.5 Å². The van der Waals surface area contributed by atoms with Crippen molar-refractivity contribution in [2.45, 2.75) is 20.3 Å². The number of amides is 2. The summed E-state index contributed by atoms with van der Waals surface area (Å²) in [4.78, 5) is 12.0. The Hall–Kier alpha value is -3.33. The van der Waals surface area contributed by atoms with E-state index in [1.807, 2.05) is 36.4 Å². The lowest BCUT2D eigenvalue weighted by atomic mass is 10.0. The number of nitriles is 1. The Morgan fingerprint density at radius 1 is 1.27 bits per heavy atom. The topological polar surface area (TPSA) is 93.6 Å². The van der Waals surface area contributed by atoms with Crippen LogP contribution in [-0.4, -0.2) is 22.8 Å². The van der Waals surface area contributed by atoms with Crippen molar-refractivity contribution in [2.75, 3.05) is 11.9 Å². The summed E-state index contributed by atoms with van der Waals surface area (Å²) < 4.78 is 0. The van der Waals surface area contributed by atoms with Crippen LogP contribution in [0.25, 0.3) is 22.0 Å². The van der Waals surface area contributed by atoms with Crippen LogP contribution in [0.4, 0.5) is 10.6 Å². The zero-order valence-electron chi connectivity index (χ0n) is 14.8. The first-order valence-corrected chi connectivity index (χ1v) is 8.64. The molecule has 0 fully saturated rings. The minimum Gasteiger partial charge on any atom is -0.338 e. The van der Waals surface area contributed by atoms with Gasteiger partial charge in [0, 0.05) is 11.9 Å². The van der Waals surface area contributed by atoms with Crippen LogP contribution >= 0.6 is 0 Å². The van der Waals surface area contributed by atoms with Gasteiger partial charge in [-0.1, -0.05) is 38.5 Å². The highest BCUT2D eigenvalue weighted by Crippen LogP contribution is 2.27. The molecule has 0 radical (unpaired) electrons. The van der Waals surface area contributed by atoms with Gasteiger partial charge < -0.3 is 5.32 Å². The maximum Gasteiger partial charge on any atom is 0.320 e. The number of hydrogen-bond donors (Lipinski definition) is 3. The molecule has 3 aromatic rings. The van der Waals surface area contributed by atoms with Gasteiger partial charge in [0.05, 0.1) is 17.1 Å². The van der Waals surface area contributed by atoms with E-state index in [9.17, 15) is 4.79 Å². The second kappa shape index (κ2) is 7.70. The van der Waals surface area contributed by atoms with Crippen molar-refractivity contribution < 1.29 is 4.79 Å². The van der Waals surface area contributed by atoms with Gasteiger partial charge >= 0.3 is 6.03 Å². The van der Waals surface area contributed by atoms with Gasteiger partial charge in [-0.2, -0.15) is 10.4 Å². The smallest absolute Gasteiger partial charge is 0.320 e. The van der Waals surface area contributed by atoms with Crippen LogP contribution in [0.2, 0.25) is 0 Å². The molecule has 1 unspecified atom stereocenters. The maximum atomic E-state index is 12.0. The molecule has 2 aromatic carbocycles. The average Bonchev–Trinajstić information content (AvgIpc) is 3.08. The van der Waals surface area contributed by atoms with Crippen molar-refractivity contribution in [3.63, 3.8) is 0 Å². The lowest BCUT2D eigenvalue weighted by molar-refractivity contribution is 0.250. The fraction of sp³-hybridized carbons (Fsp3) is 0.250. The molecule has 6 heteroatoms. The summed E-state index contributed by atoms with van der Waals surface area (Å²) in [5, 5.41) is 22.7. The predicted octanol–water partition coefficient (Wildman–Crippen LogP) is 4.27. The molecule has 3 rings (SSSR count). The van der Waals surface area contributed by atoms with Crippen LogP contribution in [0.3, 0.4) is 0 Å². The Kier molecular flexibility index (Phi) is 5.18. The summed E-state index contributed by atoms with van der Waals surface area (Å²) >= 11 is 0. The highest BCUT2D eigenvalue weighted by molar-refractivity contribution is 6.00. The fourth-order valence-corrected chi connectivity index (χ4v) is 2.63. The van der Waals surface area contributed by atoms with Crippen molar-refractivity contribution in [2.24, 2.45) is 5.92 Å². The van der Waals surface area contributed by atoms with Gasteiger partial charge in [0.15, 0.2) is 5.82 Å². The average molecular weight is 347 g/mol. The molecule has 0 bridgehead atoms. The third-order valence-electron chi connectivity index (χ3n) is 4.43. The second-order valence-electron chi connectivity index (χ2n) is 6.37. The summed E-state index contributed by atoms with van der Waals surface area (Å²) in [6.45, 7) is 4.81. The molecule has 3 N–H and O–H groups in total. The Morgan fingerprint density at radius 2 is 2.08 bits per heavy atom. The summed E-state index contributed by atoms with van der Waals surface area (Å²) in [5.74, 6) is 0.933. The van der Waals surface area contributed by atoms with Gasteiger partial charge in [-0.3, -0.25) is 10.4 Å². The highest BCUT2D eigenvalue weighted by atomic mass is 16.2. The van der Waals surface area contributed by atoms with Crippen molar-refractivity contribution in [3.8, 4) is 17.2 Å². The quantitative estimate of drug-likeness (QED) is 0.643. The molecule has 1 heterocycles. The third kappa shape index (κ3) is 3.83. The Labute approximate surface area is 152 Å². The molecule has 1 atom stereocenters. The number of nitrogens with zero attached hydrogens (tertiary/aromatic N) is 2. The van der Waals surface area contributed by atoms with E-state index < -0.39 is 0 Å². The Morgan fingerprint density at radius 3 is 2.85 bits per heavy atom. The van der Waals surface area contributed by atoms with E-state index in [2.05, 4.69) is 40.7 Å². The molecule has 0 saturated heterocycles. The zero-order chi connectivity index (χ0) is 18.5. The number of urea groups is 1. The number of aromatic amines is 1. The molecule has 132 valence electrons. The molecule has 0 aliphatic rings. The number of aromatic nitrogens is 2. The number of nitrogens with one attached hydrogen (secondary N) is 3. The highest BCUT2D eigenvalue weighted by Gasteiger charge is 2.11. The molecule has 0 spiro atoms. The van der Waals surface area contributed by atoms with Gasteiger partial charge in [0.2, 0.25) is 0 Å². The Bertz CT molecular complexity index is 970. The fourth-order valence-electron chi connectivity index (χ4n) is 2.63. The van der Waals surface area contributed by atoms with E-state index in [4.69, 9.17) is 5.26 Å². The molecule has 0 saturated carbocycles. The first-order chi connectivity index (χ1) is 12.6. The monoisotopic (exact) mass is 347 g/mol. The van der Waals surface area contributed by atoms with Crippen LogP contribution in [-0.2, 0) is 0 Å². The Balaban J connectivity index is 1.79. The van der Waals surface area contributed by atoms with Crippen LogP contribution in [0.15, 0.2) is 42.5 Å². The van der Waals surface area contributed by atoms with E-state index in [1.165, 1.54) is 0 Å². The number of carbonyl (C=O) groups excluding carboxylic acids is 1. The summed E-state index contributed by atoms with van der Waals surface area (Å²) in [7, 11) is 0. The molecule has 6 nitrogen and oxygen atoms in total. The number of H-pyrrole nitrogens is 1. The first-order valence-electron chi connectivity index (χ1n) is 8.64. The van der Waals surface area contributed by atoms with E-state index in [1.54, 1.807) is 6.07 Å². The first kappa shape index (κ1) is 17.5. The minimum absolute atomic E-state index is 0.260. The van der Waals surface area contributed by atoms with Gasteiger partial charge in [-0.05, 0) is 41.3 Å². The molecule has 2 amide bonds. The molecule has 1 aromatic heterocycles. The number of hydrogen-bond acceptors (Lipinski definition) is 3. The molecule has 26 heavy (non-hydrogen) atoms. The van der Waals surface area contributed by atoms with Gasteiger partial charge in [-0.15, -0.1) is 0 Å². The van der Waals surface area contributed by atoms with Crippen LogP contribution in [0, 0.1) is 17.2 Å². The largest absolute Gasteiger partial charge is 0.338 e. The molecular weight excluding hydrogens is 326 g/mol. The predicted molar refractivity (Wildman–Crippen MR) is 103 cm³/mol. The van der Waals surface area contributed by atoms with Crippen LogP contribution in [0.5, 0.6) is 0 Å². The maximum absolute atomic E-state index is 12.0.